The highest BCUT2D eigenvalue weighted by molar-refractivity contribution is 7.99. The van der Waals surface area contributed by atoms with Crippen LogP contribution in [0.4, 0.5) is 5.69 Å². The van der Waals surface area contributed by atoms with Crippen molar-refractivity contribution in [3.8, 4) is 0 Å². The van der Waals surface area contributed by atoms with Crippen molar-refractivity contribution >= 4 is 34.5 Å². The first kappa shape index (κ1) is 13.5. The van der Waals surface area contributed by atoms with Gasteiger partial charge in [-0.3, -0.25) is 0 Å². The molecule has 0 saturated heterocycles. The van der Waals surface area contributed by atoms with Crippen LogP contribution in [0.5, 0.6) is 0 Å². The van der Waals surface area contributed by atoms with Crippen LogP contribution in [0.25, 0.3) is 11.1 Å². The van der Waals surface area contributed by atoms with Crippen molar-refractivity contribution in [2.45, 2.75) is 10.1 Å². The molecule has 0 aliphatic carbocycles. The van der Waals surface area contributed by atoms with E-state index in [1.807, 2.05) is 24.3 Å². The highest BCUT2D eigenvalue weighted by atomic mass is 32.2. The molecule has 21 heavy (non-hydrogen) atoms. The van der Waals surface area contributed by atoms with Gasteiger partial charge < -0.3 is 14.9 Å². The van der Waals surface area contributed by atoms with Crippen molar-refractivity contribution in [1.29, 1.82) is 0 Å². The third-order valence-corrected chi connectivity index (χ3v) is 3.81. The molecule has 1 heterocycles. The van der Waals surface area contributed by atoms with E-state index in [-0.39, 0.29) is 0 Å². The normalized spacial score (nSPS) is 10.7. The number of carbonyl (C=O) groups excluding carboxylic acids is 1. The molecule has 0 atom stereocenters. The molecule has 0 radical (unpaired) electrons. The minimum absolute atomic E-state index is 0.393. The van der Waals surface area contributed by atoms with Crippen molar-refractivity contribution in [2.24, 2.45) is 0 Å². The lowest BCUT2D eigenvalue weighted by Gasteiger charge is -2.06. The highest BCUT2D eigenvalue weighted by Gasteiger charge is 2.16. The van der Waals surface area contributed by atoms with E-state index < -0.39 is 5.97 Å². The monoisotopic (exact) mass is 300 g/mol. The van der Waals surface area contributed by atoms with Gasteiger partial charge in [0.2, 0.25) is 0 Å². The van der Waals surface area contributed by atoms with Crippen molar-refractivity contribution in [3.63, 3.8) is 0 Å². The summed E-state index contributed by atoms with van der Waals surface area (Å²) in [5.41, 5.74) is 8.09. The third-order valence-electron chi connectivity index (χ3n) is 2.88. The Labute approximate surface area is 125 Å². The van der Waals surface area contributed by atoms with Gasteiger partial charge in [0.05, 0.1) is 12.7 Å². The smallest absolute Gasteiger partial charge is 0.339 e. The zero-order valence-corrected chi connectivity index (χ0v) is 12.0. The van der Waals surface area contributed by atoms with E-state index in [2.05, 4.69) is 4.98 Å². The summed E-state index contributed by atoms with van der Waals surface area (Å²) in [4.78, 5) is 16.9. The molecule has 106 valence electrons. The van der Waals surface area contributed by atoms with Gasteiger partial charge in [-0.2, -0.15) is 0 Å². The Morgan fingerprint density at radius 1 is 1.29 bits per heavy atom. The number of methoxy groups -OCH3 is 1. The summed E-state index contributed by atoms with van der Waals surface area (Å²) in [6, 6.07) is 12.5. The van der Waals surface area contributed by atoms with Gasteiger partial charge in [-0.05, 0) is 42.1 Å². The molecule has 0 unspecified atom stereocenters. The lowest BCUT2D eigenvalue weighted by molar-refractivity contribution is 0.0597. The highest BCUT2D eigenvalue weighted by Crippen LogP contribution is 2.33. The van der Waals surface area contributed by atoms with E-state index in [0.717, 1.165) is 5.52 Å². The second-order valence-corrected chi connectivity index (χ2v) is 5.29. The van der Waals surface area contributed by atoms with Gasteiger partial charge in [0.15, 0.2) is 5.58 Å². The van der Waals surface area contributed by atoms with Crippen LogP contribution >= 0.6 is 11.8 Å². The van der Waals surface area contributed by atoms with Gasteiger partial charge in [0, 0.05) is 10.6 Å². The maximum Gasteiger partial charge on any atom is 0.339 e. The number of anilines is 1. The van der Waals surface area contributed by atoms with Crippen LogP contribution in [0.3, 0.4) is 0 Å². The first-order valence-corrected chi connectivity index (χ1v) is 7.00. The fourth-order valence-corrected chi connectivity index (χ4v) is 2.75. The minimum Gasteiger partial charge on any atom is -0.465 e. The number of para-hydroxylation sites is 2. The van der Waals surface area contributed by atoms with Gasteiger partial charge in [-0.25, -0.2) is 9.78 Å². The SMILES string of the molecule is COC(=O)c1cc(N)ccc1Sc1nc2ccccc2o1. The van der Waals surface area contributed by atoms with Crippen LogP contribution in [-0.2, 0) is 4.74 Å². The molecule has 0 fully saturated rings. The predicted molar refractivity (Wildman–Crippen MR) is 80.3 cm³/mol. The van der Waals surface area contributed by atoms with E-state index in [9.17, 15) is 4.79 Å². The quantitative estimate of drug-likeness (QED) is 0.590. The fraction of sp³-hybridized carbons (Fsp3) is 0.0667. The third kappa shape index (κ3) is 2.71. The lowest BCUT2D eigenvalue weighted by atomic mass is 10.2. The Morgan fingerprint density at radius 2 is 2.10 bits per heavy atom. The van der Waals surface area contributed by atoms with Crippen molar-refractivity contribution in [2.75, 3.05) is 12.8 Å². The molecule has 2 N–H and O–H groups in total. The number of esters is 1. The number of carbonyl (C=O) groups is 1. The molecule has 1 aromatic heterocycles. The molecule has 3 rings (SSSR count). The van der Waals surface area contributed by atoms with E-state index in [0.29, 0.717) is 27.0 Å². The molecule has 0 aliphatic heterocycles. The Morgan fingerprint density at radius 3 is 2.86 bits per heavy atom. The van der Waals surface area contributed by atoms with E-state index >= 15 is 0 Å². The first-order valence-electron chi connectivity index (χ1n) is 6.18. The zero-order chi connectivity index (χ0) is 14.8. The number of nitrogen functional groups attached to an aromatic ring is 1. The zero-order valence-electron chi connectivity index (χ0n) is 11.2. The Bertz CT molecular complexity index is 781. The van der Waals surface area contributed by atoms with E-state index in [1.165, 1.54) is 18.9 Å². The number of aromatic nitrogens is 1. The number of nitrogens with zero attached hydrogens (tertiary/aromatic N) is 1. The summed E-state index contributed by atoms with van der Waals surface area (Å²) in [6.45, 7) is 0. The van der Waals surface area contributed by atoms with Crippen LogP contribution in [0, 0.1) is 0 Å². The fourth-order valence-electron chi connectivity index (χ4n) is 1.89. The van der Waals surface area contributed by atoms with E-state index in [4.69, 9.17) is 14.9 Å². The largest absolute Gasteiger partial charge is 0.465 e. The molecule has 0 bridgehead atoms. The molecule has 0 saturated carbocycles. The number of hydrogen-bond donors (Lipinski definition) is 1. The van der Waals surface area contributed by atoms with Crippen molar-refractivity contribution in [1.82, 2.24) is 4.98 Å². The van der Waals surface area contributed by atoms with Crippen LogP contribution in [0.2, 0.25) is 0 Å². The summed E-state index contributed by atoms with van der Waals surface area (Å²) in [7, 11) is 1.33. The number of benzene rings is 2. The number of fused-ring (bicyclic) bond motifs is 1. The summed E-state index contributed by atoms with van der Waals surface area (Å²) < 4.78 is 10.4. The summed E-state index contributed by atoms with van der Waals surface area (Å²) in [6.07, 6.45) is 0. The average Bonchev–Trinajstić information content (AvgIpc) is 2.90. The summed E-state index contributed by atoms with van der Waals surface area (Å²) in [5, 5.41) is 0.464. The second-order valence-electron chi connectivity index (χ2n) is 4.30. The minimum atomic E-state index is -0.444. The molecule has 3 aromatic rings. The van der Waals surface area contributed by atoms with Gasteiger partial charge >= 0.3 is 5.97 Å². The number of nitrogens with two attached hydrogens (primary N) is 1. The van der Waals surface area contributed by atoms with Crippen molar-refractivity contribution < 1.29 is 13.9 Å². The van der Waals surface area contributed by atoms with Gasteiger partial charge in [0.25, 0.3) is 5.22 Å². The van der Waals surface area contributed by atoms with Crippen LogP contribution in [-0.4, -0.2) is 18.1 Å². The topological polar surface area (TPSA) is 78.4 Å². The van der Waals surface area contributed by atoms with Gasteiger partial charge in [-0.15, -0.1) is 0 Å². The van der Waals surface area contributed by atoms with Crippen LogP contribution in [0.15, 0.2) is 57.0 Å². The maximum atomic E-state index is 11.8. The molecular formula is C15H12N2O3S. The second kappa shape index (κ2) is 5.49. The molecular weight excluding hydrogens is 288 g/mol. The predicted octanol–water partition coefficient (Wildman–Crippen LogP) is 3.35. The first-order chi connectivity index (χ1) is 10.2. The van der Waals surface area contributed by atoms with Crippen molar-refractivity contribution in [3.05, 3.63) is 48.0 Å². The molecule has 0 spiro atoms. The standard InChI is InChI=1S/C15H12N2O3S/c1-19-14(18)10-8-9(16)6-7-13(10)21-15-17-11-4-2-3-5-12(11)20-15/h2-8H,16H2,1H3. The molecule has 6 heteroatoms. The lowest BCUT2D eigenvalue weighted by Crippen LogP contribution is -2.04. The number of ether oxygens (including phenoxy) is 1. The molecule has 0 amide bonds. The number of hydrogen-bond acceptors (Lipinski definition) is 6. The number of rotatable bonds is 3. The summed E-state index contributed by atoms with van der Waals surface area (Å²) >= 11 is 1.26. The maximum absolute atomic E-state index is 11.8. The molecule has 2 aromatic carbocycles. The van der Waals surface area contributed by atoms with Crippen LogP contribution in [0.1, 0.15) is 10.4 Å². The Hall–Kier alpha value is -2.47. The van der Waals surface area contributed by atoms with E-state index in [1.54, 1.807) is 18.2 Å². The Kier molecular flexibility index (Phi) is 3.53. The Balaban J connectivity index is 1.99. The average molecular weight is 300 g/mol. The number of oxazole rings is 1. The molecule has 0 aliphatic rings. The summed E-state index contributed by atoms with van der Waals surface area (Å²) in [5.74, 6) is -0.444. The van der Waals surface area contributed by atoms with Crippen LogP contribution < -0.4 is 5.73 Å². The molecule has 5 nitrogen and oxygen atoms in total. The van der Waals surface area contributed by atoms with Gasteiger partial charge in [-0.1, -0.05) is 12.1 Å². The van der Waals surface area contributed by atoms with Gasteiger partial charge in [0.1, 0.15) is 5.52 Å².